The van der Waals surface area contributed by atoms with Crippen LogP contribution in [-0.4, -0.2) is 16.2 Å². The molecule has 10 aromatic rings. The number of aromatic nitrogens is 1. The van der Waals surface area contributed by atoms with Crippen molar-refractivity contribution in [2.45, 2.75) is 6.92 Å². The number of nitrogens with one attached hydrogen (secondary N) is 1. The Morgan fingerprint density at radius 3 is 1.98 bits per heavy atom. The molecule has 248 valence electrons. The fraction of sp³-hybridized carbons (Fsp3) is 0.0213. The molecule has 10 rings (SSSR count). The highest BCUT2D eigenvalue weighted by Gasteiger charge is 2.18. The summed E-state index contributed by atoms with van der Waals surface area (Å²) >= 11 is 1.86. The zero-order chi connectivity index (χ0) is 35.2. The van der Waals surface area contributed by atoms with Crippen LogP contribution in [0.15, 0.2) is 175 Å². The molecular weight excluding hydrogens is 653 g/mol. The summed E-state index contributed by atoms with van der Waals surface area (Å²) in [6, 6.07) is 58.8. The van der Waals surface area contributed by atoms with Gasteiger partial charge in [-0.1, -0.05) is 139 Å². The Kier molecular flexibility index (Phi) is 7.83. The highest BCUT2D eigenvalue weighted by molar-refractivity contribution is 7.26. The molecule has 2 aromatic heterocycles. The van der Waals surface area contributed by atoms with Gasteiger partial charge < -0.3 is 10.3 Å². The topological polar surface area (TPSA) is 67.2 Å². The fourth-order valence-corrected chi connectivity index (χ4v) is 8.49. The van der Waals surface area contributed by atoms with Crippen LogP contribution in [0.25, 0.3) is 69.2 Å². The van der Waals surface area contributed by atoms with E-state index in [1.807, 2.05) is 72.0 Å². The number of rotatable bonds is 3. The van der Waals surface area contributed by atoms with Crippen LogP contribution in [0.5, 0.6) is 0 Å². The summed E-state index contributed by atoms with van der Waals surface area (Å²) in [5.74, 6) is 0.456. The number of benzene rings is 8. The molecular formula is C47H34N4S. The molecule has 0 fully saturated rings. The van der Waals surface area contributed by atoms with E-state index in [9.17, 15) is 0 Å². The molecule has 0 unspecified atom stereocenters. The zero-order valence-electron chi connectivity index (χ0n) is 28.5. The van der Waals surface area contributed by atoms with E-state index in [0.29, 0.717) is 5.84 Å². The van der Waals surface area contributed by atoms with E-state index in [1.54, 1.807) is 0 Å². The van der Waals surface area contributed by atoms with Crippen molar-refractivity contribution in [3.05, 3.63) is 187 Å². The smallest absolute Gasteiger partial charge is 0.154 e. The van der Waals surface area contributed by atoms with E-state index in [2.05, 4.69) is 126 Å². The Bertz CT molecular complexity index is 2990. The second-order valence-electron chi connectivity index (χ2n) is 13.0. The van der Waals surface area contributed by atoms with E-state index in [1.165, 1.54) is 58.1 Å². The summed E-state index contributed by atoms with van der Waals surface area (Å²) in [6.07, 6.45) is 0. The Morgan fingerprint density at radius 2 is 1.19 bits per heavy atom. The molecule has 0 spiro atoms. The Morgan fingerprint density at radius 1 is 0.538 bits per heavy atom. The predicted molar refractivity (Wildman–Crippen MR) is 224 cm³/mol. The number of amidine groups is 2. The summed E-state index contributed by atoms with van der Waals surface area (Å²) < 4.78 is 4.94. The first-order chi connectivity index (χ1) is 25.5. The minimum absolute atomic E-state index is 0.140. The van der Waals surface area contributed by atoms with Gasteiger partial charge in [0.1, 0.15) is 5.84 Å². The molecule has 52 heavy (non-hydrogen) atoms. The average molecular weight is 687 g/mol. The van der Waals surface area contributed by atoms with Crippen molar-refractivity contribution in [1.82, 2.24) is 4.57 Å². The maximum Gasteiger partial charge on any atom is 0.154 e. The molecule has 5 heteroatoms. The molecule has 4 nitrogen and oxygen atoms in total. The van der Waals surface area contributed by atoms with Gasteiger partial charge in [0.2, 0.25) is 0 Å². The maximum absolute atomic E-state index is 8.46. The van der Waals surface area contributed by atoms with Crippen LogP contribution in [0, 0.1) is 12.3 Å². The minimum Gasteiger partial charge on any atom is -0.383 e. The van der Waals surface area contributed by atoms with Crippen LogP contribution in [0.1, 0.15) is 16.7 Å². The number of hydrogen-bond acceptors (Lipinski definition) is 2. The number of fused-ring (bicyclic) bond motifs is 11. The van der Waals surface area contributed by atoms with Gasteiger partial charge >= 0.3 is 0 Å². The maximum atomic E-state index is 8.46. The molecule has 0 aliphatic rings. The number of hydrogen-bond donors (Lipinski definition) is 2. The number of thiophene rings is 1. The monoisotopic (exact) mass is 686 g/mol. The molecule has 0 saturated heterocycles. The summed E-state index contributed by atoms with van der Waals surface area (Å²) in [4.78, 5) is 4.45. The van der Waals surface area contributed by atoms with Crippen LogP contribution < -0.4 is 5.73 Å². The van der Waals surface area contributed by atoms with Crippen LogP contribution in [0.2, 0.25) is 0 Å². The van der Waals surface area contributed by atoms with Crippen molar-refractivity contribution < 1.29 is 0 Å². The summed E-state index contributed by atoms with van der Waals surface area (Å²) in [5.41, 5.74) is 12.6. The lowest BCUT2D eigenvalue weighted by Gasteiger charge is -2.11. The number of nitrogens with zero attached hydrogens (tertiary/aromatic N) is 2. The SMILES string of the molecule is Cc1ccccc1.N=C(N=C(N)c1cccc(-n2c3ccccc3c3c4ccc5ccc6sc7ccccc7c6c5c4ccc32)c1)c1ccccc1. The van der Waals surface area contributed by atoms with Crippen molar-refractivity contribution in [3.8, 4) is 5.69 Å². The van der Waals surface area contributed by atoms with Crippen molar-refractivity contribution in [2.75, 3.05) is 0 Å². The molecule has 2 heterocycles. The van der Waals surface area contributed by atoms with Crippen LogP contribution in [0.4, 0.5) is 0 Å². The Balaban J connectivity index is 0.000000464. The van der Waals surface area contributed by atoms with Gasteiger partial charge in [0.15, 0.2) is 5.84 Å². The van der Waals surface area contributed by atoms with E-state index in [0.717, 1.165) is 27.8 Å². The molecule has 8 aromatic carbocycles. The number of aliphatic imine (C=N–C) groups is 1. The van der Waals surface area contributed by atoms with Crippen LogP contribution in [-0.2, 0) is 0 Å². The predicted octanol–water partition coefficient (Wildman–Crippen LogP) is 12.2. The first kappa shape index (κ1) is 31.4. The van der Waals surface area contributed by atoms with Gasteiger partial charge in [-0.25, -0.2) is 4.99 Å². The van der Waals surface area contributed by atoms with E-state index >= 15 is 0 Å². The summed E-state index contributed by atoms with van der Waals surface area (Å²) in [5, 5.41) is 18.6. The van der Waals surface area contributed by atoms with Crippen LogP contribution in [0.3, 0.4) is 0 Å². The van der Waals surface area contributed by atoms with Gasteiger partial charge in [0.05, 0.1) is 11.0 Å². The van der Waals surface area contributed by atoms with Gasteiger partial charge in [0.25, 0.3) is 0 Å². The number of aryl methyl sites for hydroxylation is 1. The lowest BCUT2D eigenvalue weighted by molar-refractivity contribution is 1.18. The molecule has 0 aliphatic heterocycles. The van der Waals surface area contributed by atoms with Crippen LogP contribution >= 0.6 is 11.3 Å². The highest BCUT2D eigenvalue weighted by Crippen LogP contribution is 2.44. The van der Waals surface area contributed by atoms with Crippen molar-refractivity contribution in [2.24, 2.45) is 10.7 Å². The van der Waals surface area contributed by atoms with Gasteiger partial charge in [0, 0.05) is 47.8 Å². The average Bonchev–Trinajstić information content (AvgIpc) is 3.75. The largest absolute Gasteiger partial charge is 0.383 e. The van der Waals surface area contributed by atoms with E-state index < -0.39 is 0 Å². The van der Waals surface area contributed by atoms with Gasteiger partial charge in [-0.3, -0.25) is 5.41 Å². The van der Waals surface area contributed by atoms with Gasteiger partial charge in [-0.05, 0) is 64.9 Å². The molecule has 3 N–H and O–H groups in total. The third-order valence-corrected chi connectivity index (χ3v) is 10.9. The first-order valence-corrected chi connectivity index (χ1v) is 18.2. The molecule has 0 aliphatic carbocycles. The standard InChI is InChI=1S/C40H26N4S.C7H8/c41-39(25-9-2-1-3-10-25)43-40(42)26-11-8-12-27(23-26)44-32-15-6-4-13-30(32)37-29-19-17-24-18-22-35-38(31-14-5-7-16-34(31)45-35)36(24)28(29)20-21-33(37)44;1-7-5-3-2-4-6-7/h1-23H,(H3,41,42,43);2-6H,1H3. The second kappa shape index (κ2) is 13.0. The summed E-state index contributed by atoms with van der Waals surface area (Å²) in [6.45, 7) is 2.08. The third kappa shape index (κ3) is 5.39. The molecule has 0 bridgehead atoms. The molecule has 0 atom stereocenters. The Hall–Kier alpha value is -6.56. The van der Waals surface area contributed by atoms with Gasteiger partial charge in [-0.2, -0.15) is 0 Å². The summed E-state index contributed by atoms with van der Waals surface area (Å²) in [7, 11) is 0. The van der Waals surface area contributed by atoms with Gasteiger partial charge in [-0.15, -0.1) is 11.3 Å². The first-order valence-electron chi connectivity index (χ1n) is 17.3. The number of nitrogens with two attached hydrogens (primary N) is 1. The Labute approximate surface area is 305 Å². The van der Waals surface area contributed by atoms with E-state index in [4.69, 9.17) is 11.1 Å². The van der Waals surface area contributed by atoms with Crippen molar-refractivity contribution >= 4 is 86.5 Å². The number of para-hydroxylation sites is 1. The third-order valence-electron chi connectivity index (χ3n) is 9.77. The van der Waals surface area contributed by atoms with Crippen molar-refractivity contribution in [3.63, 3.8) is 0 Å². The molecule has 0 radical (unpaired) electrons. The molecule has 0 amide bonds. The zero-order valence-corrected chi connectivity index (χ0v) is 29.4. The second-order valence-corrected chi connectivity index (χ2v) is 14.1. The van der Waals surface area contributed by atoms with E-state index in [-0.39, 0.29) is 5.84 Å². The molecule has 0 saturated carbocycles. The minimum atomic E-state index is 0.140. The lowest BCUT2D eigenvalue weighted by Crippen LogP contribution is -2.16. The normalized spacial score (nSPS) is 11.8. The lowest BCUT2D eigenvalue weighted by atomic mass is 9.95. The quantitative estimate of drug-likeness (QED) is 0.108. The fourth-order valence-electron chi connectivity index (χ4n) is 7.38. The highest BCUT2D eigenvalue weighted by atomic mass is 32.1. The van der Waals surface area contributed by atoms with Crippen molar-refractivity contribution in [1.29, 1.82) is 5.41 Å².